The van der Waals surface area contributed by atoms with E-state index in [2.05, 4.69) is 34.8 Å². The van der Waals surface area contributed by atoms with Gasteiger partial charge in [0.15, 0.2) is 0 Å². The molecule has 5 aromatic rings. The molecule has 1 amide bonds. The van der Waals surface area contributed by atoms with Crippen LogP contribution in [0.5, 0.6) is 0 Å². The summed E-state index contributed by atoms with van der Waals surface area (Å²) in [6.07, 6.45) is 5.59. The SMILES string of the molecule is Cc1cnn(C)c1-c1nnc(C(=O)N2CCc3c(ncn3P)[C@@H]2c2cc3c(F)cccn3n2)o1. The maximum atomic E-state index is 14.4. The third-order valence-corrected chi connectivity index (χ3v) is 6.48. The Bertz CT molecular complexity index is 1550. The van der Waals surface area contributed by atoms with Crippen molar-refractivity contribution in [1.29, 1.82) is 0 Å². The minimum absolute atomic E-state index is 0.149. The van der Waals surface area contributed by atoms with Crippen molar-refractivity contribution in [2.45, 2.75) is 19.4 Å². The topological polar surface area (TPSA) is 112 Å². The zero-order valence-corrected chi connectivity index (χ0v) is 19.4. The van der Waals surface area contributed by atoms with E-state index >= 15 is 0 Å². The standard InChI is InChI=1S/C21H19FN9O2P/c1-11-9-24-28(2)17(11)19-25-26-20(33-19)21(32)29-7-5-14-16(23-10-31(14)34)18(29)13-8-15-12(22)4-3-6-30(15)27-13/h3-4,6,8-10,18H,5,7,34H2,1-2H3/t18-/m0/s1. The summed E-state index contributed by atoms with van der Waals surface area (Å²) >= 11 is 0. The highest BCUT2D eigenvalue weighted by molar-refractivity contribution is 7.14. The molecule has 0 bridgehead atoms. The van der Waals surface area contributed by atoms with E-state index in [0.29, 0.717) is 35.6 Å². The maximum absolute atomic E-state index is 14.4. The number of fused-ring (bicyclic) bond motifs is 2. The van der Waals surface area contributed by atoms with Crippen LogP contribution in [0.1, 0.15) is 39.4 Å². The van der Waals surface area contributed by atoms with Gasteiger partial charge < -0.3 is 13.7 Å². The van der Waals surface area contributed by atoms with Crippen molar-refractivity contribution in [2.75, 3.05) is 6.54 Å². The van der Waals surface area contributed by atoms with Gasteiger partial charge in [-0.1, -0.05) is 0 Å². The van der Waals surface area contributed by atoms with Crippen LogP contribution in [0.2, 0.25) is 0 Å². The smallest absolute Gasteiger partial charge is 0.312 e. The Hall–Kier alpha value is -3.92. The van der Waals surface area contributed by atoms with E-state index in [-0.39, 0.29) is 11.8 Å². The molecule has 1 aliphatic heterocycles. The van der Waals surface area contributed by atoms with E-state index in [0.717, 1.165) is 11.3 Å². The van der Waals surface area contributed by atoms with Crippen LogP contribution in [0.25, 0.3) is 17.1 Å². The van der Waals surface area contributed by atoms with Crippen LogP contribution in [-0.4, -0.2) is 56.3 Å². The van der Waals surface area contributed by atoms with Crippen LogP contribution in [-0.2, 0) is 13.5 Å². The predicted octanol–water partition coefficient (Wildman–Crippen LogP) is 2.19. The van der Waals surface area contributed by atoms with Gasteiger partial charge in [-0.3, -0.25) is 9.48 Å². The lowest BCUT2D eigenvalue weighted by Crippen LogP contribution is -2.41. The van der Waals surface area contributed by atoms with E-state index in [9.17, 15) is 9.18 Å². The van der Waals surface area contributed by atoms with Gasteiger partial charge >= 0.3 is 11.8 Å². The van der Waals surface area contributed by atoms with Gasteiger partial charge in [0, 0.05) is 31.9 Å². The second-order valence-corrected chi connectivity index (χ2v) is 8.66. The summed E-state index contributed by atoms with van der Waals surface area (Å²) in [5.74, 6) is -0.798. The molecule has 11 nitrogen and oxygen atoms in total. The monoisotopic (exact) mass is 479 g/mol. The molecule has 0 saturated carbocycles. The number of nitrogens with zero attached hydrogens (tertiary/aromatic N) is 9. The summed E-state index contributed by atoms with van der Waals surface area (Å²) in [5.41, 5.74) is 3.92. The first-order valence-corrected chi connectivity index (χ1v) is 11.0. The fourth-order valence-electron chi connectivity index (χ4n) is 4.42. The van der Waals surface area contributed by atoms with Crippen LogP contribution in [0.4, 0.5) is 4.39 Å². The highest BCUT2D eigenvalue weighted by atomic mass is 31.0. The van der Waals surface area contributed by atoms with Crippen molar-refractivity contribution in [3.05, 3.63) is 71.3 Å². The normalized spacial score (nSPS) is 15.8. The molecule has 1 aliphatic rings. The molecule has 5 aromatic heterocycles. The molecule has 0 spiro atoms. The summed E-state index contributed by atoms with van der Waals surface area (Å²) in [5, 5.41) is 16.8. The second-order valence-electron chi connectivity index (χ2n) is 8.10. The number of rotatable bonds is 3. The van der Waals surface area contributed by atoms with Gasteiger partial charge in [0.1, 0.15) is 23.1 Å². The minimum atomic E-state index is -0.647. The molecule has 0 N–H and O–H groups in total. The van der Waals surface area contributed by atoms with E-state index < -0.39 is 17.8 Å². The van der Waals surface area contributed by atoms with Crippen molar-refractivity contribution in [3.63, 3.8) is 0 Å². The molecule has 0 radical (unpaired) electrons. The lowest BCUT2D eigenvalue weighted by molar-refractivity contribution is 0.0646. The second kappa shape index (κ2) is 7.56. The van der Waals surface area contributed by atoms with E-state index in [4.69, 9.17) is 4.42 Å². The van der Waals surface area contributed by atoms with Crippen LogP contribution in [0.3, 0.4) is 0 Å². The largest absolute Gasteiger partial charge is 0.411 e. The van der Waals surface area contributed by atoms with E-state index in [1.165, 1.54) is 10.6 Å². The van der Waals surface area contributed by atoms with Gasteiger partial charge in [-0.15, -0.1) is 10.2 Å². The van der Waals surface area contributed by atoms with Gasteiger partial charge in [-0.2, -0.15) is 10.2 Å². The average Bonchev–Trinajstić information content (AvgIpc) is 3.60. The zero-order chi connectivity index (χ0) is 23.6. The molecule has 34 heavy (non-hydrogen) atoms. The Labute approximate surface area is 194 Å². The number of imidazole rings is 1. The highest BCUT2D eigenvalue weighted by Crippen LogP contribution is 2.36. The van der Waals surface area contributed by atoms with Gasteiger partial charge in [0.05, 0.1) is 23.9 Å². The van der Waals surface area contributed by atoms with Crippen molar-refractivity contribution >= 4 is 20.8 Å². The number of aryl methyl sites for hydroxylation is 2. The molecule has 0 aromatic carbocycles. The Morgan fingerprint density at radius 3 is 2.94 bits per heavy atom. The summed E-state index contributed by atoms with van der Waals surface area (Å²) in [4.78, 5) is 19.7. The fraction of sp³-hybridized carbons (Fsp3) is 0.238. The molecule has 0 saturated heterocycles. The Morgan fingerprint density at radius 1 is 1.32 bits per heavy atom. The first-order chi connectivity index (χ1) is 16.4. The van der Waals surface area contributed by atoms with Gasteiger partial charge in [0.2, 0.25) is 0 Å². The van der Waals surface area contributed by atoms with E-state index in [1.54, 1.807) is 47.5 Å². The maximum Gasteiger partial charge on any atom is 0.312 e. The van der Waals surface area contributed by atoms with Crippen molar-refractivity contribution in [2.24, 2.45) is 7.05 Å². The third-order valence-electron chi connectivity index (χ3n) is 6.03. The summed E-state index contributed by atoms with van der Waals surface area (Å²) in [6.45, 7) is 2.24. The Morgan fingerprint density at radius 2 is 2.18 bits per heavy atom. The van der Waals surface area contributed by atoms with Crippen molar-refractivity contribution < 1.29 is 13.6 Å². The first-order valence-electron chi connectivity index (χ1n) is 10.5. The lowest BCUT2D eigenvalue weighted by atomic mass is 9.99. The van der Waals surface area contributed by atoms with Gasteiger partial charge in [-0.25, -0.2) is 13.9 Å². The van der Waals surface area contributed by atoms with Crippen LogP contribution >= 0.6 is 9.39 Å². The molecular formula is C21H19FN9O2P. The number of pyridine rings is 1. The molecule has 0 fully saturated rings. The zero-order valence-electron chi connectivity index (χ0n) is 18.3. The number of aromatic nitrogens is 8. The third kappa shape index (κ3) is 3.06. The quantitative estimate of drug-likeness (QED) is 0.365. The van der Waals surface area contributed by atoms with Crippen LogP contribution in [0, 0.1) is 12.7 Å². The number of amides is 1. The molecule has 13 heteroatoms. The summed E-state index contributed by atoms with van der Waals surface area (Å²) in [7, 11) is 4.36. The highest BCUT2D eigenvalue weighted by Gasteiger charge is 2.39. The molecule has 0 aliphatic carbocycles. The number of carbonyl (C=O) groups excluding carboxylic acids is 1. The molecule has 1 unspecified atom stereocenters. The summed E-state index contributed by atoms with van der Waals surface area (Å²) < 4.78 is 25.1. The van der Waals surface area contributed by atoms with Crippen LogP contribution in [0.15, 0.2) is 41.3 Å². The predicted molar refractivity (Wildman–Crippen MR) is 120 cm³/mol. The average molecular weight is 479 g/mol. The molecular weight excluding hydrogens is 460 g/mol. The van der Waals surface area contributed by atoms with Crippen molar-refractivity contribution in [3.8, 4) is 11.6 Å². The minimum Gasteiger partial charge on any atom is -0.411 e. The number of halogens is 1. The number of hydrogen-bond donors (Lipinski definition) is 0. The fourth-order valence-corrected chi connectivity index (χ4v) is 4.75. The van der Waals surface area contributed by atoms with Gasteiger partial charge in [-0.05, 0) is 40.1 Å². The van der Waals surface area contributed by atoms with Crippen LogP contribution < -0.4 is 0 Å². The molecule has 6 rings (SSSR count). The lowest BCUT2D eigenvalue weighted by Gasteiger charge is -2.33. The molecule has 2 atom stereocenters. The Kier molecular flexibility index (Phi) is 4.59. The number of hydrogen-bond acceptors (Lipinski definition) is 7. The molecule has 172 valence electrons. The first kappa shape index (κ1) is 20.7. The number of carbonyl (C=O) groups is 1. The molecule has 6 heterocycles. The summed E-state index contributed by atoms with van der Waals surface area (Å²) in [6, 6.07) is 3.93. The Balaban J connectivity index is 1.43. The van der Waals surface area contributed by atoms with Gasteiger partial charge in [0.25, 0.3) is 5.89 Å². The van der Waals surface area contributed by atoms with Crippen molar-refractivity contribution in [1.82, 2.24) is 43.8 Å². The van der Waals surface area contributed by atoms with E-state index in [1.807, 2.05) is 11.3 Å².